The number of hydrogen-bond donors (Lipinski definition) is 2. The highest BCUT2D eigenvalue weighted by Crippen LogP contribution is 2.59. The number of aryl methyl sites for hydroxylation is 1. The van der Waals surface area contributed by atoms with E-state index in [1.807, 2.05) is 0 Å². The van der Waals surface area contributed by atoms with Gasteiger partial charge in [-0.1, -0.05) is 6.92 Å². The number of phenols is 2. The van der Waals surface area contributed by atoms with Crippen LogP contribution in [0.2, 0.25) is 0 Å². The Morgan fingerprint density at radius 1 is 1.24 bits per heavy atom. The Bertz CT molecular complexity index is 669. The summed E-state index contributed by atoms with van der Waals surface area (Å²) in [7, 11) is 0. The number of rotatable bonds is 0. The minimum atomic E-state index is -0.296. The molecule has 21 heavy (non-hydrogen) atoms. The van der Waals surface area contributed by atoms with Crippen molar-refractivity contribution in [1.82, 2.24) is 0 Å². The Morgan fingerprint density at radius 3 is 2.86 bits per heavy atom. The largest absolute Gasteiger partial charge is 0.504 e. The van der Waals surface area contributed by atoms with Gasteiger partial charge in [-0.15, -0.1) is 0 Å². The normalized spacial score (nSPS) is 38.4. The van der Waals surface area contributed by atoms with Crippen molar-refractivity contribution in [2.75, 3.05) is 0 Å². The van der Waals surface area contributed by atoms with Gasteiger partial charge in [0.15, 0.2) is 11.5 Å². The van der Waals surface area contributed by atoms with Crippen molar-refractivity contribution in [2.45, 2.75) is 51.4 Å². The zero-order chi connectivity index (χ0) is 15.6. The lowest BCUT2D eigenvalue weighted by atomic mass is 9.55. The highest BCUT2D eigenvalue weighted by atomic mass is 16.3. The van der Waals surface area contributed by atoms with Gasteiger partial charge < -0.3 is 10.2 Å². The molecule has 0 aliphatic heterocycles. The van der Waals surface area contributed by atoms with E-state index >= 15 is 0 Å². The van der Waals surface area contributed by atoms with Gasteiger partial charge in [0.05, 0.1) is 1.37 Å². The van der Waals surface area contributed by atoms with Crippen molar-refractivity contribution in [3.05, 3.63) is 23.2 Å². The quantitative estimate of drug-likeness (QED) is 0.718. The lowest BCUT2D eigenvalue weighted by Crippen LogP contribution is -2.42. The summed E-state index contributed by atoms with van der Waals surface area (Å²) in [6.07, 6.45) is 5.32. The first-order chi connectivity index (χ1) is 10.4. The molecule has 2 saturated carbocycles. The van der Waals surface area contributed by atoms with E-state index in [1.54, 1.807) is 6.07 Å². The van der Waals surface area contributed by atoms with Crippen LogP contribution in [0.15, 0.2) is 12.1 Å². The predicted molar refractivity (Wildman–Crippen MR) is 79.4 cm³/mol. The standard InChI is InChI=1S/C18H22O3/c1-18-7-6-11-12(14(18)4-5-17(18)21)3-2-10-8-15(19)16(20)9-13(10)11/h8-9,11-12,14,19-20H,2-7H2,1H3/t11-,12+,14-,18-/m0/s1/i9D. The van der Waals surface area contributed by atoms with Gasteiger partial charge in [-0.25, -0.2) is 0 Å². The molecule has 0 radical (unpaired) electrons. The molecule has 1 aromatic rings. The maximum Gasteiger partial charge on any atom is 0.157 e. The Balaban J connectivity index is 1.79. The van der Waals surface area contributed by atoms with Crippen LogP contribution in [0.3, 0.4) is 0 Å². The second-order valence-corrected chi connectivity index (χ2v) is 7.28. The van der Waals surface area contributed by atoms with Crippen LogP contribution >= 0.6 is 0 Å². The molecule has 0 heterocycles. The van der Waals surface area contributed by atoms with Crippen LogP contribution in [0.5, 0.6) is 11.5 Å². The molecule has 0 spiro atoms. The molecule has 1 aromatic carbocycles. The highest BCUT2D eigenvalue weighted by molar-refractivity contribution is 5.87. The molecule has 3 heteroatoms. The topological polar surface area (TPSA) is 57.5 Å². The second-order valence-electron chi connectivity index (χ2n) is 7.28. The summed E-state index contributed by atoms with van der Waals surface area (Å²) in [6, 6.07) is 1.73. The summed E-state index contributed by atoms with van der Waals surface area (Å²) >= 11 is 0. The van der Waals surface area contributed by atoms with Crippen molar-refractivity contribution < 1.29 is 16.4 Å². The van der Waals surface area contributed by atoms with E-state index in [2.05, 4.69) is 6.92 Å². The Morgan fingerprint density at radius 2 is 2.05 bits per heavy atom. The van der Waals surface area contributed by atoms with Crippen LogP contribution in [-0.4, -0.2) is 16.0 Å². The Labute approximate surface area is 126 Å². The molecule has 3 nitrogen and oxygen atoms in total. The molecule has 0 bridgehead atoms. The second kappa shape index (κ2) is 4.25. The first-order valence-electron chi connectivity index (χ1n) is 8.51. The van der Waals surface area contributed by atoms with Gasteiger partial charge >= 0.3 is 0 Å². The number of benzene rings is 1. The third-order valence-electron chi connectivity index (χ3n) is 6.42. The average molecular weight is 287 g/mol. The summed E-state index contributed by atoms with van der Waals surface area (Å²) in [5, 5.41) is 19.7. The number of ketones is 1. The fourth-order valence-corrected chi connectivity index (χ4v) is 5.26. The van der Waals surface area contributed by atoms with Crippen molar-refractivity contribution in [1.29, 1.82) is 0 Å². The molecular weight excluding hydrogens is 264 g/mol. The number of Topliss-reactive ketones (excluding diaryl/α,β-unsaturated/α-hetero) is 1. The lowest BCUT2D eigenvalue weighted by molar-refractivity contribution is -0.129. The van der Waals surface area contributed by atoms with Crippen LogP contribution in [0.4, 0.5) is 0 Å². The number of phenolic OH excluding ortho intramolecular Hbond substituents is 2. The van der Waals surface area contributed by atoms with Crippen molar-refractivity contribution in [2.24, 2.45) is 17.3 Å². The van der Waals surface area contributed by atoms with E-state index in [4.69, 9.17) is 1.37 Å². The molecule has 3 aliphatic rings. The van der Waals surface area contributed by atoms with E-state index in [9.17, 15) is 15.0 Å². The molecule has 4 rings (SSSR count). The van der Waals surface area contributed by atoms with Gasteiger partial charge in [0.2, 0.25) is 0 Å². The summed E-state index contributed by atoms with van der Waals surface area (Å²) in [4.78, 5) is 12.3. The third kappa shape index (κ3) is 1.69. The zero-order valence-electron chi connectivity index (χ0n) is 13.4. The molecule has 0 aromatic heterocycles. The van der Waals surface area contributed by atoms with Gasteiger partial charge in [-0.2, -0.15) is 0 Å². The summed E-state index contributed by atoms with van der Waals surface area (Å²) in [6.45, 7) is 2.13. The molecule has 2 N–H and O–H groups in total. The first kappa shape index (κ1) is 12.1. The van der Waals surface area contributed by atoms with Gasteiger partial charge in [0.1, 0.15) is 5.78 Å². The molecule has 0 unspecified atom stereocenters. The van der Waals surface area contributed by atoms with Crippen LogP contribution in [0, 0.1) is 17.3 Å². The van der Waals surface area contributed by atoms with Gasteiger partial charge in [-0.05, 0) is 73.1 Å². The average Bonchev–Trinajstić information content (AvgIpc) is 2.80. The van der Waals surface area contributed by atoms with Crippen molar-refractivity contribution in [3.63, 3.8) is 0 Å². The van der Waals surface area contributed by atoms with E-state index in [1.165, 1.54) is 0 Å². The summed E-state index contributed by atoms with van der Waals surface area (Å²) < 4.78 is 8.24. The van der Waals surface area contributed by atoms with Gasteiger partial charge in [-0.3, -0.25) is 4.79 Å². The maximum atomic E-state index is 12.3. The molecule has 2 fully saturated rings. The third-order valence-corrected chi connectivity index (χ3v) is 6.42. The van der Waals surface area contributed by atoms with Gasteiger partial charge in [0.25, 0.3) is 0 Å². The Hall–Kier alpha value is -1.51. The number of carbonyl (C=O) groups is 1. The van der Waals surface area contributed by atoms with E-state index < -0.39 is 0 Å². The van der Waals surface area contributed by atoms with E-state index in [0.29, 0.717) is 24.0 Å². The maximum absolute atomic E-state index is 12.3. The number of hydrogen-bond acceptors (Lipinski definition) is 3. The van der Waals surface area contributed by atoms with E-state index in [0.717, 1.165) is 43.2 Å². The van der Waals surface area contributed by atoms with Crippen molar-refractivity contribution in [3.8, 4) is 11.5 Å². The minimum absolute atomic E-state index is 0.0950. The Kier molecular flexibility index (Phi) is 2.44. The number of aromatic hydroxyl groups is 2. The fourth-order valence-electron chi connectivity index (χ4n) is 5.26. The highest BCUT2D eigenvalue weighted by Gasteiger charge is 2.54. The number of fused-ring (bicyclic) bond motifs is 5. The van der Waals surface area contributed by atoms with E-state index in [-0.39, 0.29) is 28.9 Å². The smallest absolute Gasteiger partial charge is 0.157 e. The van der Waals surface area contributed by atoms with Crippen LogP contribution in [0.1, 0.15) is 57.4 Å². The molecule has 3 aliphatic carbocycles. The molecule has 4 atom stereocenters. The SMILES string of the molecule is [2H]c1c(O)c(O)cc2c1[C@H]1CC[C@]3(C)C(=O)CC[C@H]3[C@@H]1CC2. The molecule has 0 saturated heterocycles. The fraction of sp³-hybridized carbons (Fsp3) is 0.611. The first-order valence-corrected chi connectivity index (χ1v) is 8.01. The molecule has 112 valence electrons. The zero-order valence-corrected chi connectivity index (χ0v) is 12.4. The van der Waals surface area contributed by atoms with Crippen LogP contribution < -0.4 is 0 Å². The number of carbonyl (C=O) groups excluding carboxylic acids is 1. The predicted octanol–water partition coefficient (Wildman–Crippen LogP) is 3.52. The van der Waals surface area contributed by atoms with Gasteiger partial charge in [0, 0.05) is 11.8 Å². The monoisotopic (exact) mass is 287 g/mol. The molecule has 0 amide bonds. The molecular formula is C18H22O3. The van der Waals surface area contributed by atoms with Crippen LogP contribution in [-0.2, 0) is 11.2 Å². The van der Waals surface area contributed by atoms with Crippen LogP contribution in [0.25, 0.3) is 0 Å². The summed E-state index contributed by atoms with van der Waals surface area (Å²) in [5.41, 5.74) is 1.77. The minimum Gasteiger partial charge on any atom is -0.504 e. The summed E-state index contributed by atoms with van der Waals surface area (Å²) in [5.74, 6) is 1.05. The van der Waals surface area contributed by atoms with Crippen molar-refractivity contribution >= 4 is 5.78 Å². The lowest BCUT2D eigenvalue weighted by Gasteiger charge is -2.48.